The molecule has 0 aromatic heterocycles. The van der Waals surface area contributed by atoms with Crippen LogP contribution in [0.2, 0.25) is 5.02 Å². The van der Waals surface area contributed by atoms with Gasteiger partial charge in [0.05, 0.1) is 14.2 Å². The maximum atomic E-state index is 13.8. The molecule has 0 radical (unpaired) electrons. The van der Waals surface area contributed by atoms with E-state index < -0.39 is 0 Å². The number of benzene rings is 3. The number of ether oxygens (including phenoxy) is 2. The third-order valence-corrected chi connectivity index (χ3v) is 6.93. The van der Waals surface area contributed by atoms with Crippen molar-refractivity contribution in [1.29, 1.82) is 0 Å². The maximum Gasteiger partial charge on any atom is 0.255 e. The number of rotatable bonds is 8. The van der Waals surface area contributed by atoms with E-state index in [1.807, 2.05) is 29.2 Å². The number of carbonyl (C=O) groups excluding carboxylic acids is 2. The van der Waals surface area contributed by atoms with Crippen LogP contribution in [-0.4, -0.2) is 43.0 Å². The zero-order valence-corrected chi connectivity index (χ0v) is 21.8. The minimum Gasteiger partial charge on any atom is -0.493 e. The van der Waals surface area contributed by atoms with E-state index in [1.165, 1.54) is 0 Å². The van der Waals surface area contributed by atoms with Gasteiger partial charge in [0.2, 0.25) is 0 Å². The van der Waals surface area contributed by atoms with Gasteiger partial charge in [0.25, 0.3) is 11.8 Å². The fourth-order valence-electron chi connectivity index (χ4n) is 4.78. The van der Waals surface area contributed by atoms with Gasteiger partial charge in [0.1, 0.15) is 0 Å². The van der Waals surface area contributed by atoms with Crippen LogP contribution in [-0.2, 0) is 6.54 Å². The topological polar surface area (TPSA) is 93.9 Å². The first kappa shape index (κ1) is 26.5. The average molecular weight is 522 g/mol. The lowest BCUT2D eigenvalue weighted by atomic mass is 9.89. The summed E-state index contributed by atoms with van der Waals surface area (Å²) in [6.45, 7) is 0.354. The number of hydrogen-bond acceptors (Lipinski definition) is 5. The van der Waals surface area contributed by atoms with Crippen LogP contribution < -0.4 is 20.5 Å². The zero-order valence-electron chi connectivity index (χ0n) is 21.1. The number of amides is 2. The van der Waals surface area contributed by atoms with Crippen LogP contribution in [0.15, 0.2) is 66.7 Å². The molecule has 1 fully saturated rings. The quantitative estimate of drug-likeness (QED) is 0.407. The highest BCUT2D eigenvalue weighted by Crippen LogP contribution is 2.30. The van der Waals surface area contributed by atoms with Crippen LogP contribution in [0.4, 0.5) is 5.69 Å². The average Bonchev–Trinajstić information content (AvgIpc) is 2.91. The summed E-state index contributed by atoms with van der Waals surface area (Å²) in [4.78, 5) is 28.4. The lowest BCUT2D eigenvalue weighted by Gasteiger charge is -2.38. The Morgan fingerprint density at radius 3 is 2.43 bits per heavy atom. The molecule has 8 heteroatoms. The second-order valence-electron chi connectivity index (χ2n) is 9.18. The molecule has 7 nitrogen and oxygen atoms in total. The molecule has 1 aliphatic carbocycles. The monoisotopic (exact) mass is 521 g/mol. The smallest absolute Gasteiger partial charge is 0.255 e. The van der Waals surface area contributed by atoms with E-state index in [-0.39, 0.29) is 23.9 Å². The standard InChI is InChI=1S/C29H32ClN3O4/c1-36-26-14-13-21(17-27(26)37-2)29(35)33(25-12-4-3-11-24(25)31)18-19-7-5-10-23(15-19)32-28(34)20-8-6-9-22(30)16-20/h5-10,13-17,24-25H,3-4,11-12,18,31H2,1-2H3,(H,32,34). The molecule has 2 amide bonds. The molecule has 0 bridgehead atoms. The fraction of sp³-hybridized carbons (Fsp3) is 0.310. The molecule has 0 aliphatic heterocycles. The molecule has 3 aromatic carbocycles. The summed E-state index contributed by atoms with van der Waals surface area (Å²) in [7, 11) is 3.11. The van der Waals surface area contributed by atoms with Gasteiger partial charge in [0.15, 0.2) is 11.5 Å². The largest absolute Gasteiger partial charge is 0.493 e. The van der Waals surface area contributed by atoms with Crippen LogP contribution in [0.3, 0.4) is 0 Å². The lowest BCUT2D eigenvalue weighted by molar-refractivity contribution is 0.0583. The third kappa shape index (κ3) is 6.42. The second-order valence-corrected chi connectivity index (χ2v) is 9.62. The number of nitrogens with one attached hydrogen (secondary N) is 1. The molecule has 0 saturated heterocycles. The van der Waals surface area contributed by atoms with Crippen molar-refractivity contribution in [2.75, 3.05) is 19.5 Å². The number of nitrogens with zero attached hydrogens (tertiary/aromatic N) is 1. The summed E-state index contributed by atoms with van der Waals surface area (Å²) in [5.41, 5.74) is 9.00. The van der Waals surface area contributed by atoms with Crippen molar-refractivity contribution in [3.8, 4) is 11.5 Å². The minimum atomic E-state index is -0.257. The van der Waals surface area contributed by atoms with Crippen LogP contribution in [0.25, 0.3) is 0 Å². The summed E-state index contributed by atoms with van der Waals surface area (Å²) >= 11 is 6.03. The SMILES string of the molecule is COc1ccc(C(=O)N(Cc2cccc(NC(=O)c3cccc(Cl)c3)c2)C2CCCCC2N)cc1OC. The van der Waals surface area contributed by atoms with Gasteiger partial charge in [-0.05, 0) is 66.9 Å². The van der Waals surface area contributed by atoms with E-state index in [4.69, 9.17) is 26.8 Å². The normalized spacial score (nSPS) is 17.1. The molecule has 1 saturated carbocycles. The lowest BCUT2D eigenvalue weighted by Crippen LogP contribution is -2.51. The second kappa shape index (κ2) is 12.1. The molecule has 0 spiro atoms. The van der Waals surface area contributed by atoms with Crippen LogP contribution >= 0.6 is 11.6 Å². The van der Waals surface area contributed by atoms with Gasteiger partial charge in [-0.25, -0.2) is 0 Å². The first-order valence-electron chi connectivity index (χ1n) is 12.3. The Morgan fingerprint density at radius 2 is 1.70 bits per heavy atom. The summed E-state index contributed by atoms with van der Waals surface area (Å²) in [6, 6.07) is 19.3. The van der Waals surface area contributed by atoms with Gasteiger partial charge < -0.3 is 25.4 Å². The maximum absolute atomic E-state index is 13.8. The van der Waals surface area contributed by atoms with Gasteiger partial charge in [0, 0.05) is 40.5 Å². The Hall–Kier alpha value is -3.55. The van der Waals surface area contributed by atoms with Crippen molar-refractivity contribution in [3.63, 3.8) is 0 Å². The van der Waals surface area contributed by atoms with Gasteiger partial charge in [-0.3, -0.25) is 9.59 Å². The highest BCUT2D eigenvalue weighted by atomic mass is 35.5. The van der Waals surface area contributed by atoms with Crippen molar-refractivity contribution in [2.24, 2.45) is 5.73 Å². The van der Waals surface area contributed by atoms with Crippen molar-refractivity contribution >= 4 is 29.1 Å². The van der Waals surface area contributed by atoms with Crippen molar-refractivity contribution < 1.29 is 19.1 Å². The number of nitrogens with two attached hydrogens (primary N) is 1. The molecular formula is C29H32ClN3O4. The summed E-state index contributed by atoms with van der Waals surface area (Å²) in [6.07, 6.45) is 3.78. The van der Waals surface area contributed by atoms with E-state index in [0.29, 0.717) is 39.9 Å². The highest BCUT2D eigenvalue weighted by Gasteiger charge is 2.32. The van der Waals surface area contributed by atoms with Crippen molar-refractivity contribution in [2.45, 2.75) is 44.3 Å². The van der Waals surface area contributed by atoms with Crippen molar-refractivity contribution in [1.82, 2.24) is 4.90 Å². The van der Waals surface area contributed by atoms with E-state index >= 15 is 0 Å². The number of halogens is 1. The zero-order chi connectivity index (χ0) is 26.4. The predicted molar refractivity (Wildman–Crippen MR) is 145 cm³/mol. The molecule has 2 atom stereocenters. The number of hydrogen-bond donors (Lipinski definition) is 2. The number of anilines is 1. The molecule has 3 N–H and O–H groups in total. The van der Waals surface area contributed by atoms with Crippen LogP contribution in [0, 0.1) is 0 Å². The Morgan fingerprint density at radius 1 is 0.946 bits per heavy atom. The summed E-state index contributed by atoms with van der Waals surface area (Å²) in [5, 5.41) is 3.41. The van der Waals surface area contributed by atoms with E-state index in [9.17, 15) is 9.59 Å². The fourth-order valence-corrected chi connectivity index (χ4v) is 4.97. The third-order valence-electron chi connectivity index (χ3n) is 6.70. The molecule has 194 valence electrons. The molecule has 37 heavy (non-hydrogen) atoms. The first-order valence-corrected chi connectivity index (χ1v) is 12.7. The van der Waals surface area contributed by atoms with Crippen LogP contribution in [0.5, 0.6) is 11.5 Å². The Labute approximate surface area is 222 Å². The van der Waals surface area contributed by atoms with E-state index in [2.05, 4.69) is 5.32 Å². The van der Waals surface area contributed by atoms with Gasteiger partial charge in [-0.2, -0.15) is 0 Å². The van der Waals surface area contributed by atoms with Crippen molar-refractivity contribution in [3.05, 3.63) is 88.4 Å². The van der Waals surface area contributed by atoms with E-state index in [1.54, 1.807) is 56.7 Å². The first-order chi connectivity index (χ1) is 17.9. The number of methoxy groups -OCH3 is 2. The molecule has 3 aromatic rings. The molecular weight excluding hydrogens is 490 g/mol. The summed E-state index contributed by atoms with van der Waals surface area (Å²) < 4.78 is 10.8. The number of carbonyl (C=O) groups is 2. The molecule has 2 unspecified atom stereocenters. The highest BCUT2D eigenvalue weighted by molar-refractivity contribution is 6.31. The van der Waals surface area contributed by atoms with Crippen LogP contribution in [0.1, 0.15) is 52.0 Å². The molecule has 4 rings (SSSR count). The van der Waals surface area contributed by atoms with E-state index in [0.717, 1.165) is 31.2 Å². The predicted octanol–water partition coefficient (Wildman–Crippen LogP) is 5.52. The van der Waals surface area contributed by atoms with Gasteiger partial charge in [-0.1, -0.05) is 42.6 Å². The minimum absolute atomic E-state index is 0.0981. The van der Waals surface area contributed by atoms with Gasteiger partial charge >= 0.3 is 0 Å². The Bertz CT molecular complexity index is 1270. The molecule has 0 heterocycles. The Balaban J connectivity index is 1.60. The Kier molecular flexibility index (Phi) is 8.69. The summed E-state index contributed by atoms with van der Waals surface area (Å²) in [5.74, 6) is 0.666. The molecule has 1 aliphatic rings. The van der Waals surface area contributed by atoms with Gasteiger partial charge in [-0.15, -0.1) is 0 Å².